The van der Waals surface area contributed by atoms with Gasteiger partial charge in [0.1, 0.15) is 0 Å². The summed E-state index contributed by atoms with van der Waals surface area (Å²) in [7, 11) is 0.259. The Bertz CT molecular complexity index is 561. The lowest BCUT2D eigenvalue weighted by Gasteiger charge is -2.29. The predicted molar refractivity (Wildman–Crippen MR) is 83.4 cm³/mol. The van der Waals surface area contributed by atoms with Crippen LogP contribution in [0.5, 0.6) is 0 Å². The second kappa shape index (κ2) is 6.76. The molecule has 1 rings (SSSR count). The lowest BCUT2D eigenvalue weighted by molar-refractivity contribution is 0.271. The fourth-order valence-corrected chi connectivity index (χ4v) is 4.04. The summed E-state index contributed by atoms with van der Waals surface area (Å²) in [6.07, 6.45) is 0. The Labute approximate surface area is 126 Å². The standard InChI is InChI=1S/C13H22ClN3O2S/c1-5-17(10(2)9-16(3)4)20(18,19)11-6-7-13(15)12(14)8-11/h6-8,10H,5,9,15H2,1-4H3. The first-order valence-electron chi connectivity index (χ1n) is 6.41. The second-order valence-corrected chi connectivity index (χ2v) is 7.30. The van der Waals surface area contributed by atoms with E-state index in [-0.39, 0.29) is 16.0 Å². The van der Waals surface area contributed by atoms with Crippen LogP contribution in [0.4, 0.5) is 5.69 Å². The predicted octanol–water partition coefficient (Wildman–Crippen LogP) is 1.88. The third kappa shape index (κ3) is 3.85. The zero-order valence-corrected chi connectivity index (χ0v) is 13.9. The molecule has 5 nitrogen and oxygen atoms in total. The maximum absolute atomic E-state index is 12.7. The molecule has 0 aliphatic rings. The van der Waals surface area contributed by atoms with Crippen molar-refractivity contribution in [3.63, 3.8) is 0 Å². The van der Waals surface area contributed by atoms with Crippen LogP contribution >= 0.6 is 11.6 Å². The Kier molecular flexibility index (Phi) is 5.82. The summed E-state index contributed by atoms with van der Waals surface area (Å²) < 4.78 is 26.8. The van der Waals surface area contributed by atoms with Crippen LogP contribution in [-0.2, 0) is 10.0 Å². The van der Waals surface area contributed by atoms with Gasteiger partial charge in [-0.05, 0) is 39.2 Å². The van der Waals surface area contributed by atoms with Crippen LogP contribution in [0.25, 0.3) is 0 Å². The number of halogens is 1. The molecule has 0 amide bonds. The summed E-state index contributed by atoms with van der Waals surface area (Å²) in [5, 5.41) is 0.252. The normalized spacial score (nSPS) is 13.9. The van der Waals surface area contributed by atoms with E-state index in [0.29, 0.717) is 18.8 Å². The number of anilines is 1. The summed E-state index contributed by atoms with van der Waals surface area (Å²) in [5.74, 6) is 0. The van der Waals surface area contributed by atoms with Crippen molar-refractivity contribution >= 4 is 27.3 Å². The van der Waals surface area contributed by atoms with Gasteiger partial charge in [0.05, 0.1) is 15.6 Å². The van der Waals surface area contributed by atoms with Crippen LogP contribution in [0.15, 0.2) is 23.1 Å². The summed E-state index contributed by atoms with van der Waals surface area (Å²) in [6, 6.07) is 4.27. The van der Waals surface area contributed by atoms with E-state index in [1.165, 1.54) is 22.5 Å². The minimum Gasteiger partial charge on any atom is -0.398 e. The third-order valence-electron chi connectivity index (χ3n) is 3.01. The highest BCUT2D eigenvalue weighted by atomic mass is 35.5. The number of likely N-dealkylation sites (N-methyl/N-ethyl adjacent to an activating group) is 2. The smallest absolute Gasteiger partial charge is 0.243 e. The van der Waals surface area contributed by atoms with Crippen molar-refractivity contribution in [2.24, 2.45) is 0 Å². The molecule has 0 radical (unpaired) electrons. The van der Waals surface area contributed by atoms with Crippen LogP contribution in [0.1, 0.15) is 13.8 Å². The van der Waals surface area contributed by atoms with E-state index in [1.54, 1.807) is 0 Å². The molecule has 0 saturated heterocycles. The molecule has 0 aliphatic heterocycles. The van der Waals surface area contributed by atoms with E-state index < -0.39 is 10.0 Å². The van der Waals surface area contributed by atoms with E-state index in [1.807, 2.05) is 32.8 Å². The van der Waals surface area contributed by atoms with Crippen molar-refractivity contribution in [2.45, 2.75) is 24.8 Å². The van der Waals surface area contributed by atoms with Gasteiger partial charge in [0.15, 0.2) is 0 Å². The maximum Gasteiger partial charge on any atom is 0.243 e. The van der Waals surface area contributed by atoms with Gasteiger partial charge in [0, 0.05) is 19.1 Å². The average Bonchev–Trinajstić information content (AvgIpc) is 2.31. The molecule has 0 heterocycles. The van der Waals surface area contributed by atoms with Crippen LogP contribution in [0, 0.1) is 0 Å². The van der Waals surface area contributed by atoms with Crippen molar-refractivity contribution in [3.8, 4) is 0 Å². The SMILES string of the molecule is CCN(C(C)CN(C)C)S(=O)(=O)c1ccc(N)c(Cl)c1. The van der Waals surface area contributed by atoms with Crippen LogP contribution < -0.4 is 5.73 Å². The Morgan fingerprint density at radius 1 is 1.35 bits per heavy atom. The number of nitrogens with zero attached hydrogens (tertiary/aromatic N) is 2. The van der Waals surface area contributed by atoms with Crippen molar-refractivity contribution in [1.29, 1.82) is 0 Å². The summed E-state index contributed by atoms with van der Waals surface area (Å²) in [4.78, 5) is 2.13. The van der Waals surface area contributed by atoms with E-state index in [4.69, 9.17) is 17.3 Å². The minimum atomic E-state index is -3.57. The molecule has 7 heteroatoms. The highest BCUT2D eigenvalue weighted by Gasteiger charge is 2.28. The van der Waals surface area contributed by atoms with E-state index in [9.17, 15) is 8.42 Å². The molecular weight excluding hydrogens is 298 g/mol. The number of sulfonamides is 1. The second-order valence-electron chi connectivity index (χ2n) is 5.00. The van der Waals surface area contributed by atoms with Gasteiger partial charge in [0.25, 0.3) is 0 Å². The zero-order chi connectivity index (χ0) is 15.5. The van der Waals surface area contributed by atoms with Crippen LogP contribution in [-0.4, -0.2) is 50.8 Å². The molecule has 0 saturated carbocycles. The highest BCUT2D eigenvalue weighted by molar-refractivity contribution is 7.89. The van der Waals surface area contributed by atoms with Crippen molar-refractivity contribution in [2.75, 3.05) is 32.9 Å². The summed E-state index contributed by atoms with van der Waals surface area (Å²) in [5.41, 5.74) is 5.99. The molecule has 114 valence electrons. The number of hydrogen-bond donors (Lipinski definition) is 1. The largest absolute Gasteiger partial charge is 0.398 e. The van der Waals surface area contributed by atoms with Crippen molar-refractivity contribution in [1.82, 2.24) is 9.21 Å². The fourth-order valence-electron chi connectivity index (χ4n) is 2.14. The van der Waals surface area contributed by atoms with Gasteiger partial charge in [-0.1, -0.05) is 18.5 Å². The van der Waals surface area contributed by atoms with E-state index in [2.05, 4.69) is 0 Å². The summed E-state index contributed by atoms with van der Waals surface area (Å²) in [6.45, 7) is 4.76. The molecule has 1 aromatic rings. The first-order valence-corrected chi connectivity index (χ1v) is 8.23. The monoisotopic (exact) mass is 319 g/mol. The first-order chi connectivity index (χ1) is 9.20. The molecule has 0 fully saturated rings. The van der Waals surface area contributed by atoms with Crippen molar-refractivity contribution in [3.05, 3.63) is 23.2 Å². The molecule has 1 unspecified atom stereocenters. The van der Waals surface area contributed by atoms with Gasteiger partial charge in [0.2, 0.25) is 10.0 Å². The van der Waals surface area contributed by atoms with Gasteiger partial charge >= 0.3 is 0 Å². The average molecular weight is 320 g/mol. The van der Waals surface area contributed by atoms with E-state index in [0.717, 1.165) is 0 Å². The number of nitrogen functional groups attached to an aromatic ring is 1. The zero-order valence-electron chi connectivity index (χ0n) is 12.3. The molecule has 20 heavy (non-hydrogen) atoms. The minimum absolute atomic E-state index is 0.128. The number of nitrogens with two attached hydrogens (primary N) is 1. The number of rotatable bonds is 6. The van der Waals surface area contributed by atoms with Gasteiger partial charge in [-0.25, -0.2) is 8.42 Å². The molecule has 0 aliphatic carbocycles. The molecule has 2 N–H and O–H groups in total. The van der Waals surface area contributed by atoms with Gasteiger partial charge in [-0.15, -0.1) is 0 Å². The molecular formula is C13H22ClN3O2S. The first kappa shape index (κ1) is 17.2. The number of hydrogen-bond acceptors (Lipinski definition) is 4. The molecule has 0 bridgehead atoms. The quantitative estimate of drug-likeness (QED) is 0.813. The Hall–Kier alpha value is -0.820. The molecule has 1 atom stereocenters. The maximum atomic E-state index is 12.7. The topological polar surface area (TPSA) is 66.6 Å². The fraction of sp³-hybridized carbons (Fsp3) is 0.538. The van der Waals surface area contributed by atoms with Crippen molar-refractivity contribution < 1.29 is 8.42 Å². The van der Waals surface area contributed by atoms with Gasteiger partial charge in [-0.2, -0.15) is 4.31 Å². The van der Waals surface area contributed by atoms with Gasteiger partial charge < -0.3 is 10.6 Å². The van der Waals surface area contributed by atoms with Crippen LogP contribution in [0.3, 0.4) is 0 Å². The summed E-state index contributed by atoms with van der Waals surface area (Å²) >= 11 is 5.92. The third-order valence-corrected chi connectivity index (χ3v) is 5.42. The van der Waals surface area contributed by atoms with E-state index >= 15 is 0 Å². The molecule has 0 spiro atoms. The number of benzene rings is 1. The highest BCUT2D eigenvalue weighted by Crippen LogP contribution is 2.25. The van der Waals surface area contributed by atoms with Crippen LogP contribution in [0.2, 0.25) is 5.02 Å². The van der Waals surface area contributed by atoms with Gasteiger partial charge in [-0.3, -0.25) is 0 Å². The molecule has 0 aromatic heterocycles. The lowest BCUT2D eigenvalue weighted by atomic mass is 10.3. The molecule has 1 aromatic carbocycles. The Morgan fingerprint density at radius 2 is 1.95 bits per heavy atom. The lowest BCUT2D eigenvalue weighted by Crippen LogP contribution is -2.43. The Balaban J connectivity index is 3.14. The Morgan fingerprint density at radius 3 is 2.40 bits per heavy atom.